The summed E-state index contributed by atoms with van der Waals surface area (Å²) in [4.78, 5) is 21.2. The lowest BCUT2D eigenvalue weighted by Gasteiger charge is -2.15. The van der Waals surface area contributed by atoms with E-state index < -0.39 is 17.6 Å². The number of halogens is 3. The van der Waals surface area contributed by atoms with Crippen LogP contribution >= 0.6 is 0 Å². The van der Waals surface area contributed by atoms with Gasteiger partial charge in [-0.15, -0.1) is 0 Å². The van der Waals surface area contributed by atoms with Crippen molar-refractivity contribution < 1.29 is 18.0 Å². The molecule has 0 aliphatic heterocycles. The first-order valence-corrected chi connectivity index (χ1v) is 12.0. The van der Waals surface area contributed by atoms with Gasteiger partial charge in [0.2, 0.25) is 0 Å². The molecule has 1 amide bonds. The largest absolute Gasteiger partial charge is 0.417 e. The number of aryl methyl sites for hydroxylation is 1. The average molecular weight is 532 g/mol. The standard InChI is InChI=1S/C28H24F3N7O/c1-16-2-4-17(5-3-16)13-36-27(39)23-11-21(28(29,30)31)15-35-25(23)33-12-18-6-8-19(9-7-18)20-10-22-24(32)37-38-26(22)34-14-20/h2-11,14-15H,12-13H2,1H3,(H,33,35)(H,36,39)(H3,32,34,37,38). The Morgan fingerprint density at radius 1 is 0.923 bits per heavy atom. The molecule has 0 saturated heterocycles. The molecule has 5 aromatic rings. The van der Waals surface area contributed by atoms with Gasteiger partial charge in [0.15, 0.2) is 11.5 Å². The topological polar surface area (TPSA) is 122 Å². The minimum absolute atomic E-state index is 0.0542. The molecule has 5 rings (SSSR count). The number of aromatic amines is 1. The number of nitrogens with one attached hydrogen (secondary N) is 3. The lowest BCUT2D eigenvalue weighted by molar-refractivity contribution is -0.137. The molecule has 0 radical (unpaired) electrons. The molecule has 3 heterocycles. The van der Waals surface area contributed by atoms with Crippen LogP contribution in [0.2, 0.25) is 0 Å². The summed E-state index contributed by atoms with van der Waals surface area (Å²) in [6.45, 7) is 2.35. The Morgan fingerprint density at radius 3 is 2.33 bits per heavy atom. The number of anilines is 2. The molecule has 0 aliphatic carbocycles. The Kier molecular flexibility index (Phi) is 6.88. The van der Waals surface area contributed by atoms with E-state index in [1.807, 2.05) is 61.5 Å². The van der Waals surface area contributed by atoms with Crippen LogP contribution in [-0.2, 0) is 19.3 Å². The van der Waals surface area contributed by atoms with Crippen molar-refractivity contribution in [2.75, 3.05) is 11.1 Å². The lowest BCUT2D eigenvalue weighted by atomic mass is 10.0. The lowest BCUT2D eigenvalue weighted by Crippen LogP contribution is -2.25. The van der Waals surface area contributed by atoms with Crippen LogP contribution in [-0.4, -0.2) is 26.1 Å². The second-order valence-corrected chi connectivity index (χ2v) is 9.07. The van der Waals surface area contributed by atoms with Crippen LogP contribution in [0.1, 0.15) is 32.6 Å². The number of amides is 1. The molecule has 0 aliphatic rings. The van der Waals surface area contributed by atoms with Crippen molar-refractivity contribution in [3.8, 4) is 11.1 Å². The minimum Gasteiger partial charge on any atom is -0.382 e. The van der Waals surface area contributed by atoms with Gasteiger partial charge in [0.1, 0.15) is 5.82 Å². The summed E-state index contributed by atoms with van der Waals surface area (Å²) in [6, 6.07) is 17.7. The molecule has 2 aromatic carbocycles. The Morgan fingerprint density at radius 2 is 1.62 bits per heavy atom. The van der Waals surface area contributed by atoms with Gasteiger partial charge in [0, 0.05) is 31.0 Å². The van der Waals surface area contributed by atoms with Gasteiger partial charge in [0.05, 0.1) is 16.5 Å². The molecular weight excluding hydrogens is 507 g/mol. The first-order valence-electron chi connectivity index (χ1n) is 12.0. The predicted octanol–water partition coefficient (Wildman–Crippen LogP) is 5.47. The van der Waals surface area contributed by atoms with Crippen LogP contribution in [0.4, 0.5) is 24.8 Å². The normalized spacial score (nSPS) is 11.5. The second kappa shape index (κ2) is 10.4. The summed E-state index contributed by atoms with van der Waals surface area (Å²) in [7, 11) is 0. The molecule has 0 spiro atoms. The highest BCUT2D eigenvalue weighted by Crippen LogP contribution is 2.31. The number of nitrogens with zero attached hydrogens (tertiary/aromatic N) is 3. The maximum Gasteiger partial charge on any atom is 0.417 e. The number of H-pyrrole nitrogens is 1. The number of benzene rings is 2. The highest BCUT2D eigenvalue weighted by atomic mass is 19.4. The van der Waals surface area contributed by atoms with Crippen molar-refractivity contribution in [2.24, 2.45) is 0 Å². The summed E-state index contributed by atoms with van der Waals surface area (Å²) < 4.78 is 40.1. The van der Waals surface area contributed by atoms with E-state index in [0.717, 1.165) is 39.3 Å². The fraction of sp³-hybridized carbons (Fsp3) is 0.143. The maximum atomic E-state index is 13.4. The van der Waals surface area contributed by atoms with Crippen molar-refractivity contribution in [1.29, 1.82) is 0 Å². The van der Waals surface area contributed by atoms with E-state index in [2.05, 4.69) is 30.8 Å². The minimum atomic E-state index is -4.63. The third-order valence-corrected chi connectivity index (χ3v) is 6.23. The number of carbonyl (C=O) groups excluding carboxylic acids is 1. The zero-order chi connectivity index (χ0) is 27.6. The smallest absolute Gasteiger partial charge is 0.382 e. The van der Waals surface area contributed by atoms with E-state index in [9.17, 15) is 18.0 Å². The number of rotatable bonds is 7. The van der Waals surface area contributed by atoms with Crippen molar-refractivity contribution >= 4 is 28.6 Å². The van der Waals surface area contributed by atoms with E-state index in [4.69, 9.17) is 5.73 Å². The Labute approximate surface area is 221 Å². The quantitative estimate of drug-likeness (QED) is 0.221. The van der Waals surface area contributed by atoms with Crippen LogP contribution in [0, 0.1) is 6.92 Å². The molecule has 198 valence electrons. The molecule has 0 saturated carbocycles. The average Bonchev–Trinajstić information content (AvgIpc) is 3.31. The molecular formula is C28H24F3N7O. The van der Waals surface area contributed by atoms with Gasteiger partial charge in [-0.1, -0.05) is 54.1 Å². The van der Waals surface area contributed by atoms with Crippen molar-refractivity contribution in [2.45, 2.75) is 26.2 Å². The first-order chi connectivity index (χ1) is 18.7. The number of hydrogen-bond donors (Lipinski definition) is 4. The Balaban J connectivity index is 1.32. The number of nitrogens with two attached hydrogens (primary N) is 1. The van der Waals surface area contributed by atoms with Crippen LogP contribution < -0.4 is 16.4 Å². The van der Waals surface area contributed by atoms with E-state index >= 15 is 0 Å². The number of nitrogen functional groups attached to an aromatic ring is 1. The third-order valence-electron chi connectivity index (χ3n) is 6.23. The number of carbonyl (C=O) groups is 1. The van der Waals surface area contributed by atoms with Crippen LogP contribution in [0.5, 0.6) is 0 Å². The number of pyridine rings is 2. The molecule has 8 nitrogen and oxygen atoms in total. The van der Waals surface area contributed by atoms with Gasteiger partial charge in [0.25, 0.3) is 5.91 Å². The molecule has 39 heavy (non-hydrogen) atoms. The number of hydrogen-bond acceptors (Lipinski definition) is 6. The van der Waals surface area contributed by atoms with Gasteiger partial charge >= 0.3 is 6.18 Å². The molecule has 0 unspecified atom stereocenters. The second-order valence-electron chi connectivity index (χ2n) is 9.07. The fourth-order valence-corrected chi connectivity index (χ4v) is 4.00. The maximum absolute atomic E-state index is 13.4. The molecule has 3 aromatic heterocycles. The SMILES string of the molecule is Cc1ccc(CNC(=O)c2cc(C(F)(F)F)cnc2NCc2ccc(-c3cnc4[nH]nc(N)c4c3)cc2)cc1. The Hall–Kier alpha value is -4.93. The summed E-state index contributed by atoms with van der Waals surface area (Å²) in [5.74, 6) is -0.241. The molecule has 11 heteroatoms. The molecule has 5 N–H and O–H groups in total. The zero-order valence-electron chi connectivity index (χ0n) is 20.8. The van der Waals surface area contributed by atoms with Crippen LogP contribution in [0.3, 0.4) is 0 Å². The fourth-order valence-electron chi connectivity index (χ4n) is 4.00. The first kappa shape index (κ1) is 25.7. The molecule has 0 fully saturated rings. The number of alkyl halides is 3. The highest BCUT2D eigenvalue weighted by molar-refractivity contribution is 5.99. The van der Waals surface area contributed by atoms with Crippen molar-refractivity contribution in [1.82, 2.24) is 25.5 Å². The zero-order valence-corrected chi connectivity index (χ0v) is 20.8. The molecule has 0 atom stereocenters. The van der Waals surface area contributed by atoms with E-state index in [0.29, 0.717) is 17.7 Å². The predicted molar refractivity (Wildman–Crippen MR) is 143 cm³/mol. The molecule has 0 bridgehead atoms. The van der Waals surface area contributed by atoms with Crippen molar-refractivity contribution in [3.63, 3.8) is 0 Å². The van der Waals surface area contributed by atoms with Gasteiger partial charge in [-0.3, -0.25) is 9.89 Å². The van der Waals surface area contributed by atoms with Crippen LogP contribution in [0.25, 0.3) is 22.2 Å². The monoisotopic (exact) mass is 531 g/mol. The van der Waals surface area contributed by atoms with Gasteiger partial charge < -0.3 is 16.4 Å². The number of fused-ring (bicyclic) bond motifs is 1. The highest BCUT2D eigenvalue weighted by Gasteiger charge is 2.32. The van der Waals surface area contributed by atoms with E-state index in [-0.39, 0.29) is 24.5 Å². The summed E-state index contributed by atoms with van der Waals surface area (Å²) in [6.07, 6.45) is -2.21. The summed E-state index contributed by atoms with van der Waals surface area (Å²) >= 11 is 0. The Bertz CT molecular complexity index is 1630. The van der Waals surface area contributed by atoms with Gasteiger partial charge in [-0.25, -0.2) is 9.97 Å². The van der Waals surface area contributed by atoms with Crippen molar-refractivity contribution in [3.05, 3.63) is 101 Å². The van der Waals surface area contributed by atoms with Gasteiger partial charge in [-0.05, 0) is 35.7 Å². The van der Waals surface area contributed by atoms with Crippen LogP contribution in [0.15, 0.2) is 73.1 Å². The summed E-state index contributed by atoms with van der Waals surface area (Å²) in [5, 5.41) is 13.1. The van der Waals surface area contributed by atoms with E-state index in [1.54, 1.807) is 6.20 Å². The number of aromatic nitrogens is 4. The third kappa shape index (κ3) is 5.82. The summed E-state index contributed by atoms with van der Waals surface area (Å²) in [5.41, 5.74) is 9.76. The van der Waals surface area contributed by atoms with Gasteiger partial charge in [-0.2, -0.15) is 18.3 Å². The van der Waals surface area contributed by atoms with E-state index in [1.165, 1.54) is 0 Å².